The van der Waals surface area contributed by atoms with E-state index in [0.29, 0.717) is 18.4 Å². The lowest BCUT2D eigenvalue weighted by Gasteiger charge is -2.43. The lowest BCUT2D eigenvalue weighted by molar-refractivity contribution is 0.0944. The maximum atomic E-state index is 12.2. The summed E-state index contributed by atoms with van der Waals surface area (Å²) in [7, 11) is -1.68. The van der Waals surface area contributed by atoms with Gasteiger partial charge in [-0.1, -0.05) is 26.8 Å². The van der Waals surface area contributed by atoms with Crippen LogP contribution in [-0.2, 0) is 15.8 Å². The summed E-state index contributed by atoms with van der Waals surface area (Å²) >= 11 is 2.48. The summed E-state index contributed by atoms with van der Waals surface area (Å²) in [6.07, 6.45) is 2.31. The second-order valence-electron chi connectivity index (χ2n) is 9.86. The molecule has 0 spiro atoms. The minimum Gasteiger partial charge on any atom is -0.598 e. The SMILES string of the molecule is CC(C)[S+]([O-])NC[C@H](c1cccc(Br)n1)C1CC(CO[Si](C)(C)C(C)(C)C)C1. The minimum atomic E-state index is -1.68. The Hall–Kier alpha value is 0.0769. The molecule has 1 aromatic rings. The van der Waals surface area contributed by atoms with E-state index >= 15 is 0 Å². The standard InChI is InChI=1S/C21H37BrN2O2SSi/c1-15(2)27(25)23-13-18(19-9-8-10-20(22)24-19)17-11-16(12-17)14-26-28(6,7)21(3,4)5/h8-10,15-18,23H,11-14H2,1-7H3/t16?,17?,18-,27?/m0/s1. The van der Waals surface area contributed by atoms with Crippen LogP contribution in [0.2, 0.25) is 18.1 Å². The number of nitrogens with zero attached hydrogens (tertiary/aromatic N) is 1. The lowest BCUT2D eigenvalue weighted by Crippen LogP contribution is -2.44. The third kappa shape index (κ3) is 6.54. The van der Waals surface area contributed by atoms with Crippen molar-refractivity contribution in [1.29, 1.82) is 0 Å². The first-order valence-corrected chi connectivity index (χ1v) is 15.2. The first kappa shape index (κ1) is 24.3. The highest BCUT2D eigenvalue weighted by atomic mass is 79.9. The topological polar surface area (TPSA) is 57.2 Å². The Morgan fingerprint density at radius 2 is 1.96 bits per heavy atom. The van der Waals surface area contributed by atoms with Gasteiger partial charge in [0.25, 0.3) is 0 Å². The molecule has 160 valence electrons. The van der Waals surface area contributed by atoms with Crippen molar-refractivity contribution in [2.24, 2.45) is 11.8 Å². The Morgan fingerprint density at radius 3 is 2.50 bits per heavy atom. The zero-order valence-electron chi connectivity index (χ0n) is 18.4. The van der Waals surface area contributed by atoms with E-state index < -0.39 is 19.7 Å². The van der Waals surface area contributed by atoms with E-state index in [4.69, 9.17) is 9.41 Å². The average molecular weight is 490 g/mol. The number of pyridine rings is 1. The Bertz CT molecular complexity index is 633. The number of hydrogen-bond donors (Lipinski definition) is 1. The van der Waals surface area contributed by atoms with Crippen molar-refractivity contribution in [2.45, 2.75) is 76.8 Å². The molecule has 1 heterocycles. The molecule has 1 aliphatic rings. The van der Waals surface area contributed by atoms with Gasteiger partial charge in [0.2, 0.25) is 0 Å². The molecule has 1 aromatic heterocycles. The van der Waals surface area contributed by atoms with Crippen LogP contribution < -0.4 is 4.72 Å². The summed E-state index contributed by atoms with van der Waals surface area (Å²) in [6, 6.07) is 6.08. The fraction of sp³-hybridized carbons (Fsp3) is 0.762. The van der Waals surface area contributed by atoms with Gasteiger partial charge in [-0.25, -0.2) is 4.98 Å². The first-order chi connectivity index (χ1) is 12.9. The van der Waals surface area contributed by atoms with Crippen LogP contribution in [0.1, 0.15) is 59.1 Å². The van der Waals surface area contributed by atoms with E-state index in [0.717, 1.165) is 29.7 Å². The smallest absolute Gasteiger partial charge is 0.191 e. The van der Waals surface area contributed by atoms with Gasteiger partial charge in [-0.15, -0.1) is 4.72 Å². The van der Waals surface area contributed by atoms with Crippen molar-refractivity contribution in [3.8, 4) is 0 Å². The van der Waals surface area contributed by atoms with E-state index in [-0.39, 0.29) is 16.2 Å². The fourth-order valence-electron chi connectivity index (χ4n) is 3.28. The van der Waals surface area contributed by atoms with Crippen molar-refractivity contribution in [1.82, 2.24) is 9.71 Å². The van der Waals surface area contributed by atoms with Crippen LogP contribution in [0.15, 0.2) is 22.8 Å². The monoisotopic (exact) mass is 488 g/mol. The summed E-state index contributed by atoms with van der Waals surface area (Å²) in [5, 5.41) is 0.368. The molecule has 0 aliphatic heterocycles. The van der Waals surface area contributed by atoms with E-state index in [9.17, 15) is 4.55 Å². The molecule has 28 heavy (non-hydrogen) atoms. The van der Waals surface area contributed by atoms with Gasteiger partial charge in [0.1, 0.15) is 9.85 Å². The highest BCUT2D eigenvalue weighted by Crippen LogP contribution is 2.44. The second-order valence-corrected chi connectivity index (χ2v) is 17.3. The third-order valence-corrected chi connectivity index (χ3v) is 12.6. The Labute approximate surface area is 184 Å². The molecule has 1 fully saturated rings. The maximum absolute atomic E-state index is 12.2. The van der Waals surface area contributed by atoms with E-state index in [1.165, 1.54) is 0 Å². The fourth-order valence-corrected chi connectivity index (χ4v) is 5.40. The summed E-state index contributed by atoms with van der Waals surface area (Å²) in [5.74, 6) is 1.47. The van der Waals surface area contributed by atoms with Crippen LogP contribution in [0, 0.1) is 11.8 Å². The summed E-state index contributed by atoms with van der Waals surface area (Å²) in [4.78, 5) is 4.70. The van der Waals surface area contributed by atoms with Crippen LogP contribution >= 0.6 is 15.9 Å². The lowest BCUT2D eigenvalue weighted by atomic mass is 9.68. The van der Waals surface area contributed by atoms with Crippen LogP contribution in [0.3, 0.4) is 0 Å². The number of nitrogens with one attached hydrogen (secondary N) is 1. The normalized spacial score (nSPS) is 22.8. The molecule has 0 saturated heterocycles. The molecule has 0 radical (unpaired) electrons. The van der Waals surface area contributed by atoms with Gasteiger partial charge in [0, 0.05) is 29.6 Å². The van der Waals surface area contributed by atoms with Gasteiger partial charge in [-0.05, 0) is 84.7 Å². The summed E-state index contributed by atoms with van der Waals surface area (Å²) in [5.41, 5.74) is 1.08. The van der Waals surface area contributed by atoms with Crippen LogP contribution in [0.4, 0.5) is 0 Å². The van der Waals surface area contributed by atoms with Crippen molar-refractivity contribution in [3.05, 3.63) is 28.5 Å². The number of rotatable bonds is 9. The maximum Gasteiger partial charge on any atom is 0.191 e. The molecule has 4 nitrogen and oxygen atoms in total. The third-order valence-electron chi connectivity index (χ3n) is 6.32. The van der Waals surface area contributed by atoms with Crippen LogP contribution in [0.25, 0.3) is 0 Å². The summed E-state index contributed by atoms with van der Waals surface area (Å²) in [6.45, 7) is 17.0. The van der Waals surface area contributed by atoms with Gasteiger partial charge < -0.3 is 8.98 Å². The molecule has 1 unspecified atom stereocenters. The molecule has 2 rings (SSSR count). The average Bonchev–Trinajstić information content (AvgIpc) is 2.54. The van der Waals surface area contributed by atoms with Gasteiger partial charge in [-0.2, -0.15) is 0 Å². The molecule has 1 aliphatic carbocycles. The van der Waals surface area contributed by atoms with Crippen molar-refractivity contribution in [3.63, 3.8) is 0 Å². The van der Waals surface area contributed by atoms with E-state index in [1.807, 2.05) is 26.0 Å². The van der Waals surface area contributed by atoms with Crippen LogP contribution in [-0.4, -0.2) is 36.3 Å². The van der Waals surface area contributed by atoms with Gasteiger partial charge in [0.15, 0.2) is 8.32 Å². The summed E-state index contributed by atoms with van der Waals surface area (Å²) < 4.78 is 22.7. The minimum absolute atomic E-state index is 0.114. The number of hydrogen-bond acceptors (Lipinski definition) is 4. The molecule has 2 atom stereocenters. The van der Waals surface area contributed by atoms with Gasteiger partial charge in [-0.3, -0.25) is 0 Å². The molecular weight excluding hydrogens is 452 g/mol. The van der Waals surface area contributed by atoms with Crippen molar-refractivity contribution in [2.75, 3.05) is 13.2 Å². The molecule has 1 N–H and O–H groups in total. The molecular formula is C21H37BrN2O2SSi. The molecule has 1 saturated carbocycles. The Kier molecular flexibility index (Phi) is 8.63. The van der Waals surface area contributed by atoms with Gasteiger partial charge in [0.05, 0.1) is 6.54 Å². The quantitative estimate of drug-likeness (QED) is 0.277. The highest BCUT2D eigenvalue weighted by molar-refractivity contribution is 9.10. The number of halogens is 1. The van der Waals surface area contributed by atoms with E-state index in [1.54, 1.807) is 0 Å². The zero-order chi connectivity index (χ0) is 21.1. The molecule has 0 aromatic carbocycles. The molecule has 0 bridgehead atoms. The van der Waals surface area contributed by atoms with Crippen molar-refractivity contribution >= 4 is 35.6 Å². The number of aromatic nitrogens is 1. The predicted octanol–water partition coefficient (Wildman–Crippen LogP) is 5.64. The first-order valence-electron chi connectivity index (χ1n) is 10.3. The molecule has 0 amide bonds. The van der Waals surface area contributed by atoms with Crippen LogP contribution in [0.5, 0.6) is 0 Å². The van der Waals surface area contributed by atoms with Crippen molar-refractivity contribution < 1.29 is 8.98 Å². The van der Waals surface area contributed by atoms with Gasteiger partial charge >= 0.3 is 0 Å². The Balaban J connectivity index is 1.96. The zero-order valence-corrected chi connectivity index (χ0v) is 21.8. The van der Waals surface area contributed by atoms with E-state index in [2.05, 4.69) is 60.6 Å². The highest BCUT2D eigenvalue weighted by Gasteiger charge is 2.41. The second kappa shape index (κ2) is 9.92. The Morgan fingerprint density at radius 1 is 1.32 bits per heavy atom. The molecule has 7 heteroatoms. The largest absolute Gasteiger partial charge is 0.598 e. The predicted molar refractivity (Wildman–Crippen MR) is 125 cm³/mol.